The van der Waals surface area contributed by atoms with Gasteiger partial charge in [-0.25, -0.2) is 9.67 Å². The lowest BCUT2D eigenvalue weighted by atomic mass is 10.1. The first-order valence-electron chi connectivity index (χ1n) is 7.54. The first-order chi connectivity index (χ1) is 11.5. The second-order valence-corrected chi connectivity index (χ2v) is 5.55. The Morgan fingerprint density at radius 3 is 2.62 bits per heavy atom. The molecule has 0 unspecified atom stereocenters. The van der Waals surface area contributed by atoms with Crippen LogP contribution in [0.1, 0.15) is 46.4 Å². The average molecular weight is 326 g/mol. The third-order valence-corrected chi connectivity index (χ3v) is 3.61. The smallest absolute Gasteiger partial charge is 0.251 e. The zero-order valence-corrected chi connectivity index (χ0v) is 13.7. The molecule has 9 heteroatoms. The summed E-state index contributed by atoms with van der Waals surface area (Å²) in [6.07, 6.45) is 0. The second kappa shape index (κ2) is 6.57. The van der Waals surface area contributed by atoms with E-state index in [-0.39, 0.29) is 11.9 Å². The summed E-state index contributed by atoms with van der Waals surface area (Å²) in [7, 11) is 0. The molecule has 0 radical (unpaired) electrons. The van der Waals surface area contributed by atoms with Crippen LogP contribution in [0.5, 0.6) is 0 Å². The van der Waals surface area contributed by atoms with Gasteiger partial charge >= 0.3 is 0 Å². The number of nitrogens with one attached hydrogen (secondary N) is 2. The van der Waals surface area contributed by atoms with E-state index in [1.54, 1.807) is 16.8 Å². The van der Waals surface area contributed by atoms with Gasteiger partial charge in [0.1, 0.15) is 11.6 Å². The summed E-state index contributed by atoms with van der Waals surface area (Å²) in [6.45, 7) is 6.06. The van der Waals surface area contributed by atoms with Crippen LogP contribution in [0.15, 0.2) is 24.3 Å². The van der Waals surface area contributed by atoms with Gasteiger partial charge in [-0.3, -0.25) is 9.89 Å². The van der Waals surface area contributed by atoms with E-state index < -0.39 is 0 Å². The number of aromatic amines is 1. The van der Waals surface area contributed by atoms with Crippen molar-refractivity contribution in [1.82, 2.24) is 40.7 Å². The third-order valence-electron chi connectivity index (χ3n) is 3.61. The molecule has 2 aromatic heterocycles. The van der Waals surface area contributed by atoms with Crippen LogP contribution in [0.25, 0.3) is 0 Å². The van der Waals surface area contributed by atoms with Crippen LogP contribution in [0.4, 0.5) is 0 Å². The maximum Gasteiger partial charge on any atom is 0.251 e. The molecule has 0 aliphatic heterocycles. The highest BCUT2D eigenvalue weighted by atomic mass is 16.1. The Hall–Kier alpha value is -3.10. The van der Waals surface area contributed by atoms with E-state index in [1.165, 1.54) is 0 Å². The molecule has 1 aromatic carbocycles. The molecule has 0 spiro atoms. The number of amides is 1. The van der Waals surface area contributed by atoms with E-state index in [9.17, 15) is 4.79 Å². The number of tetrazole rings is 1. The number of rotatable bonds is 5. The number of carbonyl (C=O) groups is 1. The average Bonchev–Trinajstić information content (AvgIpc) is 3.17. The van der Waals surface area contributed by atoms with Gasteiger partial charge in [0.2, 0.25) is 0 Å². The van der Waals surface area contributed by atoms with Crippen molar-refractivity contribution in [3.05, 3.63) is 52.9 Å². The van der Waals surface area contributed by atoms with E-state index in [0.717, 1.165) is 11.4 Å². The maximum atomic E-state index is 12.3. The predicted octanol–water partition coefficient (Wildman–Crippen LogP) is 0.947. The van der Waals surface area contributed by atoms with Crippen LogP contribution in [-0.2, 0) is 6.54 Å². The molecule has 0 saturated carbocycles. The fourth-order valence-electron chi connectivity index (χ4n) is 2.23. The molecule has 2 heterocycles. The third kappa shape index (κ3) is 3.45. The highest BCUT2D eigenvalue weighted by Crippen LogP contribution is 2.10. The quantitative estimate of drug-likeness (QED) is 0.721. The zero-order chi connectivity index (χ0) is 17.1. The number of H-pyrrole nitrogens is 1. The van der Waals surface area contributed by atoms with Crippen molar-refractivity contribution < 1.29 is 4.79 Å². The molecule has 1 amide bonds. The van der Waals surface area contributed by atoms with Crippen LogP contribution in [0, 0.1) is 13.8 Å². The van der Waals surface area contributed by atoms with Gasteiger partial charge in [-0.1, -0.05) is 12.1 Å². The molecule has 0 fully saturated rings. The van der Waals surface area contributed by atoms with Crippen LogP contribution in [-0.4, -0.2) is 41.3 Å². The first kappa shape index (κ1) is 15.8. The lowest BCUT2D eigenvalue weighted by Crippen LogP contribution is -2.27. The maximum absolute atomic E-state index is 12.3. The minimum absolute atomic E-state index is 0.171. The van der Waals surface area contributed by atoms with Gasteiger partial charge in [-0.15, -0.1) is 5.10 Å². The number of nitrogens with zero attached hydrogens (tertiary/aromatic N) is 6. The summed E-state index contributed by atoms with van der Waals surface area (Å²) in [4.78, 5) is 16.5. The predicted molar refractivity (Wildman–Crippen MR) is 85.1 cm³/mol. The molecule has 0 aliphatic rings. The van der Waals surface area contributed by atoms with Crippen LogP contribution < -0.4 is 5.32 Å². The molecule has 1 atom stereocenters. The molecule has 3 rings (SSSR count). The van der Waals surface area contributed by atoms with Gasteiger partial charge in [0.15, 0.2) is 5.82 Å². The number of aryl methyl sites for hydroxylation is 2. The number of aromatic nitrogens is 7. The Morgan fingerprint density at radius 2 is 2.04 bits per heavy atom. The van der Waals surface area contributed by atoms with Crippen molar-refractivity contribution in [2.24, 2.45) is 0 Å². The number of benzene rings is 1. The molecule has 124 valence electrons. The monoisotopic (exact) mass is 326 g/mol. The summed E-state index contributed by atoms with van der Waals surface area (Å²) >= 11 is 0. The van der Waals surface area contributed by atoms with Gasteiger partial charge in [0.25, 0.3) is 5.91 Å². The SMILES string of the molecule is Cc1nc([C@@H](C)NC(=O)c2ccc(Cn3nnnc3C)cc2)n[nH]1. The van der Waals surface area contributed by atoms with Crippen molar-refractivity contribution >= 4 is 5.91 Å². The Kier molecular flexibility index (Phi) is 4.32. The number of hydrogen-bond acceptors (Lipinski definition) is 6. The van der Waals surface area contributed by atoms with E-state index >= 15 is 0 Å². The fourth-order valence-corrected chi connectivity index (χ4v) is 2.23. The first-order valence-corrected chi connectivity index (χ1v) is 7.54. The molecule has 24 heavy (non-hydrogen) atoms. The molecule has 0 bridgehead atoms. The second-order valence-electron chi connectivity index (χ2n) is 5.55. The summed E-state index contributed by atoms with van der Waals surface area (Å²) < 4.78 is 1.70. The standard InChI is InChI=1S/C15H18N8O/c1-9(14-17-10(2)18-20-14)16-15(24)13-6-4-12(5-7-13)8-23-11(3)19-21-22-23/h4-7,9H,8H2,1-3H3,(H,16,24)(H,17,18,20)/t9-/m1/s1. The van der Waals surface area contributed by atoms with Crippen LogP contribution in [0.3, 0.4) is 0 Å². The van der Waals surface area contributed by atoms with Gasteiger partial charge in [0, 0.05) is 5.56 Å². The summed E-state index contributed by atoms with van der Waals surface area (Å²) in [5.74, 6) is 1.85. The molecule has 9 nitrogen and oxygen atoms in total. The van der Waals surface area contributed by atoms with Gasteiger partial charge in [0.05, 0.1) is 12.6 Å². The van der Waals surface area contributed by atoms with Gasteiger partial charge in [-0.2, -0.15) is 5.10 Å². The van der Waals surface area contributed by atoms with Crippen molar-refractivity contribution in [2.45, 2.75) is 33.4 Å². The minimum Gasteiger partial charge on any atom is -0.342 e. The number of hydrogen-bond donors (Lipinski definition) is 2. The Labute approximate surface area is 138 Å². The van der Waals surface area contributed by atoms with Crippen molar-refractivity contribution in [3.63, 3.8) is 0 Å². The molecule has 2 N–H and O–H groups in total. The van der Waals surface area contributed by atoms with E-state index in [4.69, 9.17) is 0 Å². The molecular formula is C15H18N8O. The molecule has 3 aromatic rings. The summed E-state index contributed by atoms with van der Waals surface area (Å²) in [6, 6.07) is 7.06. The summed E-state index contributed by atoms with van der Waals surface area (Å²) in [5.41, 5.74) is 1.59. The van der Waals surface area contributed by atoms with Crippen LogP contribution in [0.2, 0.25) is 0 Å². The van der Waals surface area contributed by atoms with E-state index in [0.29, 0.717) is 23.8 Å². The lowest BCUT2D eigenvalue weighted by Gasteiger charge is -2.11. The van der Waals surface area contributed by atoms with E-state index in [2.05, 4.69) is 36.0 Å². The van der Waals surface area contributed by atoms with Crippen LogP contribution >= 0.6 is 0 Å². The normalized spacial score (nSPS) is 12.1. The Morgan fingerprint density at radius 1 is 1.29 bits per heavy atom. The van der Waals surface area contributed by atoms with Crippen molar-refractivity contribution in [3.8, 4) is 0 Å². The summed E-state index contributed by atoms with van der Waals surface area (Å²) in [5, 5.41) is 21.1. The van der Waals surface area contributed by atoms with E-state index in [1.807, 2.05) is 32.9 Å². The topological polar surface area (TPSA) is 114 Å². The van der Waals surface area contributed by atoms with Gasteiger partial charge in [-0.05, 0) is 48.9 Å². The molecule has 0 saturated heterocycles. The highest BCUT2D eigenvalue weighted by Gasteiger charge is 2.15. The Balaban J connectivity index is 1.64. The van der Waals surface area contributed by atoms with Crippen molar-refractivity contribution in [2.75, 3.05) is 0 Å². The zero-order valence-electron chi connectivity index (χ0n) is 13.7. The lowest BCUT2D eigenvalue weighted by molar-refractivity contribution is 0.0938. The van der Waals surface area contributed by atoms with Crippen molar-refractivity contribution in [1.29, 1.82) is 0 Å². The number of carbonyl (C=O) groups excluding carboxylic acids is 1. The highest BCUT2D eigenvalue weighted by molar-refractivity contribution is 5.94. The minimum atomic E-state index is -0.272. The molecule has 0 aliphatic carbocycles. The molecular weight excluding hydrogens is 308 g/mol. The largest absolute Gasteiger partial charge is 0.342 e. The fraction of sp³-hybridized carbons (Fsp3) is 0.333. The Bertz CT molecular complexity index is 835. The van der Waals surface area contributed by atoms with Gasteiger partial charge < -0.3 is 5.32 Å².